The standard InChI is InChI=1S/C19H20ClFN4O3S2/c1-30(27,28)23-9-3-5-13(11-23)18-22-24(12-14-15(20)6-2-7-16(14)21)19(26)25(18)17-8-4-10-29-17/h2,4,6-8,10,13H,3,5,9,11-12H2,1H3. The fourth-order valence-electron chi connectivity index (χ4n) is 3.68. The molecule has 4 rings (SSSR count). The molecule has 1 aromatic carbocycles. The Morgan fingerprint density at radius 2 is 2.10 bits per heavy atom. The SMILES string of the molecule is CS(=O)(=O)N1CCCC(c2nn(Cc3c(F)cccc3Cl)c(=O)n2-c2cccs2)C1. The van der Waals surface area contributed by atoms with Gasteiger partial charge in [-0.2, -0.15) is 5.10 Å². The molecule has 1 aliphatic heterocycles. The number of aromatic nitrogens is 3. The van der Waals surface area contributed by atoms with Crippen LogP contribution in [0.1, 0.15) is 30.1 Å². The maximum absolute atomic E-state index is 14.3. The summed E-state index contributed by atoms with van der Waals surface area (Å²) >= 11 is 7.51. The van der Waals surface area contributed by atoms with E-state index < -0.39 is 21.5 Å². The number of benzene rings is 1. The lowest BCUT2D eigenvalue weighted by atomic mass is 9.99. The molecule has 0 amide bonds. The number of piperidine rings is 1. The molecule has 3 heterocycles. The van der Waals surface area contributed by atoms with E-state index in [1.165, 1.54) is 43.3 Å². The number of halogens is 2. The lowest BCUT2D eigenvalue weighted by molar-refractivity contribution is 0.308. The zero-order chi connectivity index (χ0) is 21.5. The van der Waals surface area contributed by atoms with Crippen LogP contribution in [-0.2, 0) is 16.6 Å². The lowest BCUT2D eigenvalue weighted by Gasteiger charge is -2.30. The summed E-state index contributed by atoms with van der Waals surface area (Å²) in [5.74, 6) is -0.286. The van der Waals surface area contributed by atoms with Crippen LogP contribution < -0.4 is 5.69 Å². The van der Waals surface area contributed by atoms with E-state index in [2.05, 4.69) is 5.10 Å². The summed E-state index contributed by atoms with van der Waals surface area (Å²) in [6.45, 7) is 0.587. The number of hydrogen-bond acceptors (Lipinski definition) is 5. The van der Waals surface area contributed by atoms with Crippen molar-refractivity contribution in [3.63, 3.8) is 0 Å². The maximum atomic E-state index is 14.3. The predicted molar refractivity (Wildman–Crippen MR) is 115 cm³/mol. The van der Waals surface area contributed by atoms with Gasteiger partial charge in [0.2, 0.25) is 10.0 Å². The molecule has 11 heteroatoms. The van der Waals surface area contributed by atoms with Crippen molar-refractivity contribution in [1.82, 2.24) is 18.7 Å². The summed E-state index contributed by atoms with van der Waals surface area (Å²) in [6, 6.07) is 7.98. The largest absolute Gasteiger partial charge is 0.351 e. The van der Waals surface area contributed by atoms with Crippen molar-refractivity contribution in [3.8, 4) is 5.00 Å². The third-order valence-electron chi connectivity index (χ3n) is 5.18. The van der Waals surface area contributed by atoms with Gasteiger partial charge in [-0.3, -0.25) is 0 Å². The van der Waals surface area contributed by atoms with Gasteiger partial charge in [0.15, 0.2) is 0 Å². The zero-order valence-corrected chi connectivity index (χ0v) is 18.6. The fourth-order valence-corrected chi connectivity index (χ4v) is 5.55. The number of hydrogen-bond donors (Lipinski definition) is 0. The van der Waals surface area contributed by atoms with Crippen molar-refractivity contribution in [2.45, 2.75) is 25.3 Å². The van der Waals surface area contributed by atoms with Crippen LogP contribution in [0, 0.1) is 5.82 Å². The van der Waals surface area contributed by atoms with Gasteiger partial charge in [-0.25, -0.2) is 31.2 Å². The van der Waals surface area contributed by atoms with Gasteiger partial charge in [0.1, 0.15) is 16.6 Å². The molecule has 0 aliphatic carbocycles. The van der Waals surface area contributed by atoms with Gasteiger partial charge in [0, 0.05) is 29.6 Å². The molecular formula is C19H20ClFN4O3S2. The summed E-state index contributed by atoms with van der Waals surface area (Å²) in [5.41, 5.74) is -0.228. The molecule has 7 nitrogen and oxygen atoms in total. The molecule has 160 valence electrons. The van der Waals surface area contributed by atoms with Crippen molar-refractivity contribution >= 4 is 33.0 Å². The smallest absolute Gasteiger partial charge is 0.246 e. The van der Waals surface area contributed by atoms with Crippen LogP contribution in [0.3, 0.4) is 0 Å². The van der Waals surface area contributed by atoms with Crippen molar-refractivity contribution in [1.29, 1.82) is 0 Å². The van der Waals surface area contributed by atoms with Crippen LogP contribution in [0.5, 0.6) is 0 Å². The first-order chi connectivity index (χ1) is 14.3. The molecule has 30 heavy (non-hydrogen) atoms. The van der Waals surface area contributed by atoms with Gasteiger partial charge in [0.05, 0.1) is 12.8 Å². The molecule has 1 fully saturated rings. The van der Waals surface area contributed by atoms with Crippen molar-refractivity contribution in [2.75, 3.05) is 19.3 Å². The normalized spacial score (nSPS) is 18.0. The average molecular weight is 471 g/mol. The second-order valence-corrected chi connectivity index (χ2v) is 10.6. The van der Waals surface area contributed by atoms with Crippen molar-refractivity contribution < 1.29 is 12.8 Å². The van der Waals surface area contributed by atoms with E-state index >= 15 is 0 Å². The fraction of sp³-hybridized carbons (Fsp3) is 0.368. The van der Waals surface area contributed by atoms with Gasteiger partial charge in [0.25, 0.3) is 0 Å². The van der Waals surface area contributed by atoms with E-state index in [0.29, 0.717) is 30.2 Å². The number of nitrogens with zero attached hydrogens (tertiary/aromatic N) is 4. The molecule has 1 atom stereocenters. The van der Waals surface area contributed by atoms with E-state index in [9.17, 15) is 17.6 Å². The maximum Gasteiger partial charge on any atom is 0.351 e. The van der Waals surface area contributed by atoms with Gasteiger partial charge in [-0.05, 0) is 42.5 Å². The zero-order valence-electron chi connectivity index (χ0n) is 16.2. The molecule has 3 aromatic rings. The highest BCUT2D eigenvalue weighted by Crippen LogP contribution is 2.29. The first-order valence-corrected chi connectivity index (χ1v) is 12.5. The summed E-state index contributed by atoms with van der Waals surface area (Å²) in [7, 11) is -3.35. The third kappa shape index (κ3) is 4.09. The lowest BCUT2D eigenvalue weighted by Crippen LogP contribution is -2.39. The summed E-state index contributed by atoms with van der Waals surface area (Å²) in [4.78, 5) is 13.2. The van der Waals surface area contributed by atoms with E-state index in [1.54, 1.807) is 12.1 Å². The van der Waals surface area contributed by atoms with Crippen LogP contribution >= 0.6 is 22.9 Å². The van der Waals surface area contributed by atoms with Crippen molar-refractivity contribution in [3.05, 3.63) is 68.4 Å². The van der Waals surface area contributed by atoms with Crippen LogP contribution in [-0.4, -0.2) is 46.4 Å². The Kier molecular flexibility index (Phi) is 5.84. The molecule has 0 spiro atoms. The molecule has 1 aliphatic rings. The molecule has 1 unspecified atom stereocenters. The highest BCUT2D eigenvalue weighted by molar-refractivity contribution is 7.88. The minimum absolute atomic E-state index is 0.113. The minimum atomic E-state index is -3.35. The average Bonchev–Trinajstić information content (AvgIpc) is 3.32. The second kappa shape index (κ2) is 8.26. The van der Waals surface area contributed by atoms with Crippen LogP contribution in [0.2, 0.25) is 5.02 Å². The Labute approximate surface area is 182 Å². The number of sulfonamides is 1. The first-order valence-electron chi connectivity index (χ1n) is 9.37. The number of rotatable bonds is 5. The molecule has 0 bridgehead atoms. The molecule has 1 saturated heterocycles. The van der Waals surface area contributed by atoms with E-state index in [4.69, 9.17) is 11.6 Å². The minimum Gasteiger partial charge on any atom is -0.246 e. The topological polar surface area (TPSA) is 77.2 Å². The molecule has 0 saturated carbocycles. The van der Waals surface area contributed by atoms with Gasteiger partial charge >= 0.3 is 5.69 Å². The Bertz CT molecular complexity index is 1200. The predicted octanol–water partition coefficient (Wildman–Crippen LogP) is 3.08. The molecule has 2 aromatic heterocycles. The molecular weight excluding hydrogens is 451 g/mol. The van der Waals surface area contributed by atoms with E-state index in [-0.39, 0.29) is 29.6 Å². The third-order valence-corrected chi connectivity index (χ3v) is 7.66. The molecule has 0 radical (unpaired) electrons. The highest BCUT2D eigenvalue weighted by Gasteiger charge is 2.32. The van der Waals surface area contributed by atoms with Crippen LogP contribution in [0.4, 0.5) is 4.39 Å². The number of thiophene rings is 1. The Hall–Kier alpha value is -2.01. The summed E-state index contributed by atoms with van der Waals surface area (Å²) < 4.78 is 42.5. The van der Waals surface area contributed by atoms with Crippen molar-refractivity contribution in [2.24, 2.45) is 0 Å². The first kappa shape index (κ1) is 21.2. The van der Waals surface area contributed by atoms with Gasteiger partial charge in [-0.15, -0.1) is 11.3 Å². The van der Waals surface area contributed by atoms with Crippen LogP contribution in [0.25, 0.3) is 5.00 Å². The van der Waals surface area contributed by atoms with E-state index in [0.717, 1.165) is 0 Å². The van der Waals surface area contributed by atoms with Crippen LogP contribution in [0.15, 0.2) is 40.5 Å². The summed E-state index contributed by atoms with van der Waals surface area (Å²) in [6.07, 6.45) is 2.55. The monoisotopic (exact) mass is 470 g/mol. The highest BCUT2D eigenvalue weighted by atomic mass is 35.5. The second-order valence-electron chi connectivity index (χ2n) is 7.25. The van der Waals surface area contributed by atoms with Gasteiger partial charge < -0.3 is 0 Å². The Balaban J connectivity index is 1.79. The quantitative estimate of drug-likeness (QED) is 0.574. The van der Waals surface area contributed by atoms with Gasteiger partial charge in [-0.1, -0.05) is 17.7 Å². The Morgan fingerprint density at radius 3 is 2.77 bits per heavy atom. The molecule has 0 N–H and O–H groups in total. The van der Waals surface area contributed by atoms with E-state index in [1.807, 2.05) is 11.4 Å². The Morgan fingerprint density at radius 1 is 1.30 bits per heavy atom. The summed E-state index contributed by atoms with van der Waals surface area (Å²) in [5, 5.41) is 7.25.